The molecule has 0 saturated heterocycles. The van der Waals surface area contributed by atoms with Crippen molar-refractivity contribution in [2.24, 2.45) is 0 Å². The maximum absolute atomic E-state index is 9.42. The zero-order chi connectivity index (χ0) is 16.5. The Morgan fingerprint density at radius 1 is 0.958 bits per heavy atom. The summed E-state index contributed by atoms with van der Waals surface area (Å²) in [5.41, 5.74) is 2.63. The van der Waals surface area contributed by atoms with Crippen molar-refractivity contribution in [3.05, 3.63) is 77.6 Å². The summed E-state index contributed by atoms with van der Waals surface area (Å²) in [6.07, 6.45) is 1.57. The molecular formula is C20H11ClN2O. The molecule has 0 atom stereocenters. The van der Waals surface area contributed by atoms with E-state index in [0.717, 1.165) is 16.3 Å². The highest BCUT2D eigenvalue weighted by Gasteiger charge is 2.16. The Bertz CT molecular complexity index is 1070. The fourth-order valence-corrected chi connectivity index (χ4v) is 3.07. The molecule has 2 aromatic heterocycles. The van der Waals surface area contributed by atoms with Crippen LogP contribution in [0, 0.1) is 11.3 Å². The highest BCUT2D eigenvalue weighted by molar-refractivity contribution is 6.31. The molecule has 114 valence electrons. The fourth-order valence-electron chi connectivity index (χ4n) is 2.83. The van der Waals surface area contributed by atoms with E-state index in [-0.39, 0.29) is 5.15 Å². The lowest BCUT2D eigenvalue weighted by Crippen LogP contribution is -1.93. The molecule has 4 heteroatoms. The molecule has 0 aliphatic heterocycles. The number of halogens is 1. The van der Waals surface area contributed by atoms with Gasteiger partial charge in [0, 0.05) is 11.1 Å². The topological polar surface area (TPSA) is 49.8 Å². The van der Waals surface area contributed by atoms with Gasteiger partial charge in [0.25, 0.3) is 0 Å². The fraction of sp³-hybridized carbons (Fsp3) is 0. The smallest absolute Gasteiger partial charge is 0.148 e. The molecular weight excluding hydrogens is 320 g/mol. The maximum Gasteiger partial charge on any atom is 0.148 e. The predicted octanol–water partition coefficient (Wildman–Crippen LogP) is 5.69. The number of aromatic nitrogens is 1. The summed E-state index contributed by atoms with van der Waals surface area (Å²) in [7, 11) is 0. The predicted molar refractivity (Wildman–Crippen MR) is 94.6 cm³/mol. The molecule has 0 unspecified atom stereocenters. The molecule has 2 aromatic carbocycles. The summed E-state index contributed by atoms with van der Waals surface area (Å²) in [6.45, 7) is 0. The second kappa shape index (κ2) is 5.84. The van der Waals surface area contributed by atoms with Crippen molar-refractivity contribution in [1.29, 1.82) is 5.26 Å². The number of fused-ring (bicyclic) bond motifs is 1. The molecule has 0 fully saturated rings. The quantitative estimate of drug-likeness (QED) is 0.444. The number of furan rings is 1. The van der Waals surface area contributed by atoms with Crippen LogP contribution in [-0.4, -0.2) is 4.98 Å². The Hall–Kier alpha value is -3.09. The highest BCUT2D eigenvalue weighted by Crippen LogP contribution is 2.34. The largest absolute Gasteiger partial charge is 0.464 e. The summed E-state index contributed by atoms with van der Waals surface area (Å²) < 4.78 is 5.46. The van der Waals surface area contributed by atoms with E-state index in [1.165, 1.54) is 0 Å². The molecule has 0 aliphatic rings. The van der Waals surface area contributed by atoms with Crippen molar-refractivity contribution in [3.63, 3.8) is 0 Å². The lowest BCUT2D eigenvalue weighted by atomic mass is 9.99. The van der Waals surface area contributed by atoms with Gasteiger partial charge < -0.3 is 4.42 Å². The minimum absolute atomic E-state index is 0.175. The molecule has 3 nitrogen and oxygen atoms in total. The van der Waals surface area contributed by atoms with E-state index in [0.29, 0.717) is 22.6 Å². The summed E-state index contributed by atoms with van der Waals surface area (Å²) in [5, 5.41) is 11.8. The van der Waals surface area contributed by atoms with E-state index in [1.54, 1.807) is 18.4 Å². The van der Waals surface area contributed by atoms with Gasteiger partial charge in [0.1, 0.15) is 22.5 Å². The summed E-state index contributed by atoms with van der Waals surface area (Å²) >= 11 is 6.28. The molecule has 24 heavy (non-hydrogen) atoms. The van der Waals surface area contributed by atoms with Crippen LogP contribution in [0.2, 0.25) is 5.15 Å². The van der Waals surface area contributed by atoms with Crippen LogP contribution in [0.5, 0.6) is 0 Å². The van der Waals surface area contributed by atoms with Crippen LogP contribution < -0.4 is 0 Å². The number of benzene rings is 2. The van der Waals surface area contributed by atoms with E-state index >= 15 is 0 Å². The third kappa shape index (κ3) is 2.34. The van der Waals surface area contributed by atoms with E-state index in [4.69, 9.17) is 16.0 Å². The summed E-state index contributed by atoms with van der Waals surface area (Å²) in [4.78, 5) is 4.44. The van der Waals surface area contributed by atoms with E-state index in [1.807, 2.05) is 36.4 Å². The van der Waals surface area contributed by atoms with Gasteiger partial charge in [-0.25, -0.2) is 4.98 Å². The lowest BCUT2D eigenvalue weighted by molar-refractivity contribution is 0.582. The second-order valence-electron chi connectivity index (χ2n) is 5.34. The second-order valence-corrected chi connectivity index (χ2v) is 5.69. The minimum atomic E-state index is 0.175. The number of nitrogens with zero attached hydrogens (tertiary/aromatic N) is 2. The van der Waals surface area contributed by atoms with Crippen molar-refractivity contribution in [3.8, 4) is 28.7 Å². The van der Waals surface area contributed by atoms with Gasteiger partial charge in [0.05, 0.1) is 12.0 Å². The molecule has 2 heterocycles. The summed E-state index contributed by atoms with van der Waals surface area (Å²) in [5.74, 6) is 0.595. The van der Waals surface area contributed by atoms with Gasteiger partial charge in [-0.05, 0) is 29.0 Å². The van der Waals surface area contributed by atoms with Crippen molar-refractivity contribution >= 4 is 22.4 Å². The van der Waals surface area contributed by atoms with E-state index < -0.39 is 0 Å². The standard InChI is InChI=1S/C20H11ClN2O/c21-20-17(12-22)16(19-9-4-10-24-19)11-18(23-20)15-8-3-6-13-5-1-2-7-14(13)15/h1-11H. The van der Waals surface area contributed by atoms with E-state index in [2.05, 4.69) is 23.2 Å². The number of hydrogen-bond acceptors (Lipinski definition) is 3. The van der Waals surface area contributed by atoms with Crippen LogP contribution in [0.15, 0.2) is 71.3 Å². The lowest BCUT2D eigenvalue weighted by Gasteiger charge is -2.10. The molecule has 0 saturated carbocycles. The molecule has 0 bridgehead atoms. The van der Waals surface area contributed by atoms with Crippen molar-refractivity contribution in [2.75, 3.05) is 0 Å². The van der Waals surface area contributed by atoms with Gasteiger partial charge in [-0.3, -0.25) is 0 Å². The van der Waals surface area contributed by atoms with Gasteiger partial charge in [0.15, 0.2) is 0 Å². The molecule has 0 amide bonds. The molecule has 4 aromatic rings. The van der Waals surface area contributed by atoms with Crippen LogP contribution in [0.25, 0.3) is 33.4 Å². The monoisotopic (exact) mass is 330 g/mol. The third-order valence-electron chi connectivity index (χ3n) is 3.94. The first-order valence-electron chi connectivity index (χ1n) is 7.40. The summed E-state index contributed by atoms with van der Waals surface area (Å²) in [6, 6.07) is 21.7. The molecule has 4 rings (SSSR count). The molecule has 0 N–H and O–H groups in total. The van der Waals surface area contributed by atoms with Crippen LogP contribution in [0.3, 0.4) is 0 Å². The molecule has 0 aliphatic carbocycles. The maximum atomic E-state index is 9.42. The van der Waals surface area contributed by atoms with Crippen molar-refractivity contribution in [1.82, 2.24) is 4.98 Å². The van der Waals surface area contributed by atoms with Crippen molar-refractivity contribution < 1.29 is 4.42 Å². The first-order chi connectivity index (χ1) is 11.8. The molecule has 0 spiro atoms. The Morgan fingerprint density at radius 3 is 2.58 bits per heavy atom. The SMILES string of the molecule is N#Cc1c(-c2ccco2)cc(-c2cccc3ccccc23)nc1Cl. The Balaban J connectivity index is 2.01. The van der Waals surface area contributed by atoms with E-state index in [9.17, 15) is 5.26 Å². The van der Waals surface area contributed by atoms with Gasteiger partial charge >= 0.3 is 0 Å². The van der Waals surface area contributed by atoms with Gasteiger partial charge in [-0.1, -0.05) is 54.1 Å². The average molecular weight is 331 g/mol. The number of rotatable bonds is 2. The van der Waals surface area contributed by atoms with Crippen LogP contribution in [0.1, 0.15) is 5.56 Å². The number of hydrogen-bond donors (Lipinski definition) is 0. The average Bonchev–Trinajstić information content (AvgIpc) is 3.15. The van der Waals surface area contributed by atoms with Gasteiger partial charge in [-0.2, -0.15) is 5.26 Å². The first kappa shape index (κ1) is 14.5. The number of pyridine rings is 1. The first-order valence-corrected chi connectivity index (χ1v) is 7.78. The van der Waals surface area contributed by atoms with Gasteiger partial charge in [0.2, 0.25) is 0 Å². The normalized spacial score (nSPS) is 10.7. The zero-order valence-electron chi connectivity index (χ0n) is 12.5. The minimum Gasteiger partial charge on any atom is -0.464 e. The van der Waals surface area contributed by atoms with Crippen LogP contribution >= 0.6 is 11.6 Å². The third-order valence-corrected chi connectivity index (χ3v) is 4.21. The number of nitriles is 1. The highest BCUT2D eigenvalue weighted by atomic mass is 35.5. The van der Waals surface area contributed by atoms with Crippen LogP contribution in [-0.2, 0) is 0 Å². The van der Waals surface area contributed by atoms with Crippen molar-refractivity contribution in [2.45, 2.75) is 0 Å². The Labute approximate surface area is 143 Å². The Morgan fingerprint density at radius 2 is 1.79 bits per heavy atom. The zero-order valence-corrected chi connectivity index (χ0v) is 13.3. The van der Waals surface area contributed by atoms with Gasteiger partial charge in [-0.15, -0.1) is 0 Å². The van der Waals surface area contributed by atoms with Crippen LogP contribution in [0.4, 0.5) is 0 Å². The molecule has 0 radical (unpaired) electrons. The Kier molecular flexibility index (Phi) is 3.53.